The van der Waals surface area contributed by atoms with E-state index in [0.717, 1.165) is 21.4 Å². The van der Waals surface area contributed by atoms with Gasteiger partial charge < -0.3 is 10.3 Å². The molecule has 0 aliphatic carbocycles. The molecule has 0 radical (unpaired) electrons. The molecule has 1 fully saturated rings. The van der Waals surface area contributed by atoms with E-state index in [2.05, 4.69) is 25.9 Å². The molecule has 2 aliphatic rings. The second-order valence-corrected chi connectivity index (χ2v) is 8.80. The number of hydrogen-bond donors (Lipinski definition) is 3. The summed E-state index contributed by atoms with van der Waals surface area (Å²) in [6, 6.07) is 11.2. The summed E-state index contributed by atoms with van der Waals surface area (Å²) in [6.07, 6.45) is 3.55. The summed E-state index contributed by atoms with van der Waals surface area (Å²) in [4.78, 5) is 66.7. The number of aromatic amines is 1. The van der Waals surface area contributed by atoms with Crippen molar-refractivity contribution in [1.29, 1.82) is 0 Å². The van der Waals surface area contributed by atoms with Gasteiger partial charge in [0.1, 0.15) is 18.3 Å². The minimum absolute atomic E-state index is 0.00429. The number of piperidine rings is 1. The van der Waals surface area contributed by atoms with Crippen molar-refractivity contribution in [2.24, 2.45) is 0 Å². The Balaban J connectivity index is 1.19. The highest BCUT2D eigenvalue weighted by Gasteiger charge is 2.45. The molecule has 0 bridgehead atoms. The van der Waals surface area contributed by atoms with Crippen molar-refractivity contribution in [3.8, 4) is 11.3 Å². The van der Waals surface area contributed by atoms with Crippen LogP contribution in [0, 0.1) is 0 Å². The van der Waals surface area contributed by atoms with Gasteiger partial charge in [-0.1, -0.05) is 17.3 Å². The van der Waals surface area contributed by atoms with Crippen LogP contribution in [0.5, 0.6) is 0 Å². The van der Waals surface area contributed by atoms with Gasteiger partial charge in [0, 0.05) is 29.1 Å². The number of amides is 5. The van der Waals surface area contributed by atoms with Gasteiger partial charge in [-0.2, -0.15) is 0 Å². The van der Waals surface area contributed by atoms with Gasteiger partial charge in [0.05, 0.1) is 23.0 Å². The van der Waals surface area contributed by atoms with Crippen LogP contribution in [0.25, 0.3) is 22.2 Å². The lowest BCUT2D eigenvalue weighted by Gasteiger charge is -2.27. The highest BCUT2D eigenvalue weighted by Crippen LogP contribution is 2.32. The van der Waals surface area contributed by atoms with Gasteiger partial charge in [0.2, 0.25) is 17.7 Å². The molecule has 2 aromatic carbocycles. The first kappa shape index (κ1) is 22.3. The normalized spacial score (nSPS) is 17.3. The van der Waals surface area contributed by atoms with Crippen LogP contribution in [0.2, 0.25) is 0 Å². The molecule has 12 heteroatoms. The van der Waals surface area contributed by atoms with Crippen LogP contribution >= 0.6 is 0 Å². The summed E-state index contributed by atoms with van der Waals surface area (Å²) in [6.45, 7) is -0.179. The molecule has 37 heavy (non-hydrogen) atoms. The first-order valence-corrected chi connectivity index (χ1v) is 11.5. The van der Waals surface area contributed by atoms with Crippen molar-refractivity contribution in [2.45, 2.75) is 25.4 Å². The third-order valence-electron chi connectivity index (χ3n) is 6.44. The largest absolute Gasteiger partial charge is 0.361 e. The standard InChI is InChI=1S/C25H19N7O5/c33-20-7-6-19(23(35)28-20)32-24(36)15-2-1-3-17(22(15)25(32)37)27-21(34)12-31-11-18(29-30-31)13-4-5-16-14(10-13)8-9-26-16/h1-5,8-11,19,26H,6-7,12H2,(H,27,34)(H,28,33,35). The van der Waals surface area contributed by atoms with E-state index in [4.69, 9.17) is 0 Å². The first-order valence-electron chi connectivity index (χ1n) is 11.5. The molecule has 0 spiro atoms. The smallest absolute Gasteiger partial charge is 0.264 e. The summed E-state index contributed by atoms with van der Waals surface area (Å²) in [5, 5.41) is 14.0. The quantitative estimate of drug-likeness (QED) is 0.352. The van der Waals surface area contributed by atoms with Crippen LogP contribution in [-0.2, 0) is 20.9 Å². The van der Waals surface area contributed by atoms with E-state index in [1.807, 2.05) is 30.5 Å². The van der Waals surface area contributed by atoms with Crippen molar-refractivity contribution in [3.05, 3.63) is 66.0 Å². The van der Waals surface area contributed by atoms with Gasteiger partial charge in [0.25, 0.3) is 11.8 Å². The minimum Gasteiger partial charge on any atom is -0.361 e. The number of nitrogens with zero attached hydrogens (tertiary/aromatic N) is 4. The maximum atomic E-state index is 13.2. The summed E-state index contributed by atoms with van der Waals surface area (Å²) >= 11 is 0. The summed E-state index contributed by atoms with van der Waals surface area (Å²) in [5.41, 5.74) is 2.67. The Kier molecular flexibility index (Phi) is 5.14. The number of rotatable bonds is 5. The number of hydrogen-bond acceptors (Lipinski definition) is 7. The molecular weight excluding hydrogens is 478 g/mol. The van der Waals surface area contributed by atoms with Crippen molar-refractivity contribution in [3.63, 3.8) is 0 Å². The SMILES string of the molecule is O=C1CCC(N2C(=O)c3cccc(NC(=O)Cn4cc(-c5ccc6[nH]ccc6c5)nn4)c3C2=O)C(=O)N1. The van der Waals surface area contributed by atoms with Gasteiger partial charge in [0.15, 0.2) is 0 Å². The lowest BCUT2D eigenvalue weighted by atomic mass is 10.0. The molecule has 5 amide bonds. The number of nitrogens with one attached hydrogen (secondary N) is 3. The van der Waals surface area contributed by atoms with Gasteiger partial charge >= 0.3 is 0 Å². The van der Waals surface area contributed by atoms with Crippen LogP contribution in [0.4, 0.5) is 5.69 Å². The van der Waals surface area contributed by atoms with Crippen molar-refractivity contribution in [1.82, 2.24) is 30.2 Å². The molecule has 4 aromatic rings. The van der Waals surface area contributed by atoms with E-state index in [1.165, 1.54) is 22.9 Å². The lowest BCUT2D eigenvalue weighted by molar-refractivity contribution is -0.136. The Morgan fingerprint density at radius 1 is 1.08 bits per heavy atom. The monoisotopic (exact) mass is 497 g/mol. The third kappa shape index (κ3) is 3.84. The molecule has 184 valence electrons. The van der Waals surface area contributed by atoms with Gasteiger partial charge in [-0.05, 0) is 36.8 Å². The maximum absolute atomic E-state index is 13.2. The van der Waals surface area contributed by atoms with Crippen LogP contribution < -0.4 is 10.6 Å². The van der Waals surface area contributed by atoms with Crippen LogP contribution in [-0.4, -0.2) is 60.5 Å². The Hall–Kier alpha value is -5.13. The zero-order valence-electron chi connectivity index (χ0n) is 19.2. The molecular formula is C25H19N7O5. The van der Waals surface area contributed by atoms with Gasteiger partial charge in [-0.15, -0.1) is 5.10 Å². The van der Waals surface area contributed by atoms with E-state index in [9.17, 15) is 24.0 Å². The Morgan fingerprint density at radius 2 is 1.95 bits per heavy atom. The van der Waals surface area contributed by atoms with E-state index in [0.29, 0.717) is 5.69 Å². The van der Waals surface area contributed by atoms with Crippen LogP contribution in [0.15, 0.2) is 54.9 Å². The topological polar surface area (TPSA) is 159 Å². The summed E-state index contributed by atoms with van der Waals surface area (Å²) in [5.74, 6) is -2.98. The molecule has 3 N–H and O–H groups in total. The fourth-order valence-corrected chi connectivity index (χ4v) is 4.68. The van der Waals surface area contributed by atoms with Crippen LogP contribution in [0.3, 0.4) is 0 Å². The predicted octanol–water partition coefficient (Wildman–Crippen LogP) is 1.47. The molecule has 1 saturated heterocycles. The molecule has 2 aliphatic heterocycles. The number of benzene rings is 2. The van der Waals surface area contributed by atoms with Crippen LogP contribution in [0.1, 0.15) is 33.6 Å². The number of carbonyl (C=O) groups excluding carboxylic acids is 5. The fraction of sp³-hybridized carbons (Fsp3) is 0.160. The number of fused-ring (bicyclic) bond motifs is 2. The average Bonchev–Trinajstić information content (AvgIpc) is 3.59. The molecule has 2 aromatic heterocycles. The maximum Gasteiger partial charge on any atom is 0.264 e. The minimum atomic E-state index is -1.09. The zero-order valence-corrected chi connectivity index (χ0v) is 19.2. The summed E-state index contributed by atoms with van der Waals surface area (Å²) in [7, 11) is 0. The van der Waals surface area contributed by atoms with E-state index in [1.54, 1.807) is 6.20 Å². The highest BCUT2D eigenvalue weighted by atomic mass is 16.2. The van der Waals surface area contributed by atoms with Crippen molar-refractivity contribution < 1.29 is 24.0 Å². The second kappa shape index (κ2) is 8.52. The number of carbonyl (C=O) groups is 5. The molecule has 4 heterocycles. The molecule has 1 atom stereocenters. The second-order valence-electron chi connectivity index (χ2n) is 8.80. The number of H-pyrrole nitrogens is 1. The average molecular weight is 497 g/mol. The Labute approximate surface area is 208 Å². The van der Waals surface area contributed by atoms with Gasteiger partial charge in [-0.3, -0.25) is 34.2 Å². The Morgan fingerprint density at radius 3 is 2.78 bits per heavy atom. The lowest BCUT2D eigenvalue weighted by Crippen LogP contribution is -2.54. The third-order valence-corrected chi connectivity index (χ3v) is 6.44. The summed E-state index contributed by atoms with van der Waals surface area (Å²) < 4.78 is 1.37. The zero-order chi connectivity index (χ0) is 25.7. The predicted molar refractivity (Wildman–Crippen MR) is 129 cm³/mol. The first-order chi connectivity index (χ1) is 17.9. The molecule has 0 saturated carbocycles. The van der Waals surface area contributed by atoms with E-state index >= 15 is 0 Å². The van der Waals surface area contributed by atoms with Crippen molar-refractivity contribution >= 4 is 46.1 Å². The van der Waals surface area contributed by atoms with Gasteiger partial charge in [-0.25, -0.2) is 4.68 Å². The molecule has 1 unspecified atom stereocenters. The van der Waals surface area contributed by atoms with E-state index in [-0.39, 0.29) is 36.2 Å². The fourth-order valence-electron chi connectivity index (χ4n) is 4.68. The highest BCUT2D eigenvalue weighted by molar-refractivity contribution is 6.26. The number of anilines is 1. The number of imide groups is 2. The molecule has 12 nitrogen and oxygen atoms in total. The van der Waals surface area contributed by atoms with E-state index < -0.39 is 35.6 Å². The molecule has 6 rings (SSSR count). The Bertz CT molecular complexity index is 1640. The number of aromatic nitrogens is 4. The van der Waals surface area contributed by atoms with Crippen molar-refractivity contribution in [2.75, 3.05) is 5.32 Å².